The Morgan fingerprint density at radius 2 is 1.96 bits per heavy atom. The van der Waals surface area contributed by atoms with Crippen LogP contribution in [-0.4, -0.2) is 49.7 Å². The molecule has 0 radical (unpaired) electrons. The first-order chi connectivity index (χ1) is 11.9. The van der Waals surface area contributed by atoms with Crippen LogP contribution >= 0.6 is 0 Å². The van der Waals surface area contributed by atoms with Crippen molar-refractivity contribution in [3.05, 3.63) is 41.6 Å². The maximum atomic E-state index is 11.8. The topological polar surface area (TPSA) is 79.4 Å². The Labute approximate surface area is 148 Å². The number of rotatable bonds is 8. The summed E-state index contributed by atoms with van der Waals surface area (Å²) in [6.07, 6.45) is 0. The van der Waals surface area contributed by atoms with Crippen LogP contribution in [0, 0.1) is 13.8 Å². The lowest BCUT2D eigenvalue weighted by atomic mass is 10.2. The molecule has 1 aromatic carbocycles. The van der Waals surface area contributed by atoms with E-state index in [1.54, 1.807) is 0 Å². The number of nitrogens with one attached hydrogen (secondary N) is 2. The standard InChI is InChI=1S/C18H25N5O2/c1-13-6-5-7-15(10-13)25-12-17(24)19-8-9-20-18-21-14(2)11-16(22-18)23(3)4/h5-7,10-11H,8-9,12H2,1-4H3,(H,19,24)(H,20,21,22). The summed E-state index contributed by atoms with van der Waals surface area (Å²) in [5.41, 5.74) is 1.98. The maximum absolute atomic E-state index is 11.8. The lowest BCUT2D eigenvalue weighted by Crippen LogP contribution is -2.33. The molecule has 0 fully saturated rings. The van der Waals surface area contributed by atoms with Crippen molar-refractivity contribution in [2.24, 2.45) is 0 Å². The Bertz CT molecular complexity index is 718. The molecule has 0 saturated heterocycles. The Morgan fingerprint density at radius 1 is 1.16 bits per heavy atom. The van der Waals surface area contributed by atoms with Crippen molar-refractivity contribution < 1.29 is 9.53 Å². The van der Waals surface area contributed by atoms with Crippen molar-refractivity contribution in [1.29, 1.82) is 0 Å². The molecule has 0 aliphatic rings. The number of carbonyl (C=O) groups excluding carboxylic acids is 1. The second kappa shape index (κ2) is 8.86. The smallest absolute Gasteiger partial charge is 0.258 e. The quantitative estimate of drug-likeness (QED) is 0.711. The first kappa shape index (κ1) is 18.5. The molecule has 0 saturated carbocycles. The van der Waals surface area contributed by atoms with Crippen LogP contribution in [0.1, 0.15) is 11.3 Å². The van der Waals surface area contributed by atoms with E-state index in [9.17, 15) is 4.79 Å². The molecule has 7 heteroatoms. The van der Waals surface area contributed by atoms with Crippen LogP contribution in [0.5, 0.6) is 5.75 Å². The molecule has 0 atom stereocenters. The molecular formula is C18H25N5O2. The summed E-state index contributed by atoms with van der Waals surface area (Å²) in [5, 5.41) is 5.91. The molecular weight excluding hydrogens is 318 g/mol. The van der Waals surface area contributed by atoms with E-state index in [1.165, 1.54) is 0 Å². The normalized spacial score (nSPS) is 10.2. The van der Waals surface area contributed by atoms with Gasteiger partial charge < -0.3 is 20.3 Å². The number of amides is 1. The van der Waals surface area contributed by atoms with Crippen molar-refractivity contribution in [3.63, 3.8) is 0 Å². The molecule has 1 aromatic heterocycles. The van der Waals surface area contributed by atoms with E-state index in [2.05, 4.69) is 20.6 Å². The van der Waals surface area contributed by atoms with Gasteiger partial charge in [0.2, 0.25) is 5.95 Å². The average molecular weight is 343 g/mol. The Hall–Kier alpha value is -2.83. The largest absolute Gasteiger partial charge is 0.484 e. The highest BCUT2D eigenvalue weighted by Gasteiger charge is 2.05. The third-order valence-electron chi connectivity index (χ3n) is 3.39. The van der Waals surface area contributed by atoms with Crippen LogP contribution in [0.25, 0.3) is 0 Å². The Balaban J connectivity index is 1.71. The molecule has 2 aromatic rings. The highest BCUT2D eigenvalue weighted by Crippen LogP contribution is 2.12. The first-order valence-electron chi connectivity index (χ1n) is 8.17. The predicted molar refractivity (Wildman–Crippen MR) is 99.3 cm³/mol. The van der Waals surface area contributed by atoms with Crippen LogP contribution in [-0.2, 0) is 4.79 Å². The van der Waals surface area contributed by atoms with E-state index < -0.39 is 0 Å². The van der Waals surface area contributed by atoms with Gasteiger partial charge in [0.15, 0.2) is 6.61 Å². The fourth-order valence-corrected chi connectivity index (χ4v) is 2.14. The lowest BCUT2D eigenvalue weighted by Gasteiger charge is -2.14. The van der Waals surface area contributed by atoms with E-state index in [0.717, 1.165) is 17.1 Å². The van der Waals surface area contributed by atoms with Crippen LogP contribution in [0.4, 0.5) is 11.8 Å². The molecule has 0 aliphatic carbocycles. The minimum Gasteiger partial charge on any atom is -0.484 e. The summed E-state index contributed by atoms with van der Waals surface area (Å²) in [6.45, 7) is 4.89. The highest BCUT2D eigenvalue weighted by atomic mass is 16.5. The van der Waals surface area contributed by atoms with E-state index in [0.29, 0.717) is 24.8 Å². The van der Waals surface area contributed by atoms with Crippen LogP contribution in [0.15, 0.2) is 30.3 Å². The number of benzene rings is 1. The van der Waals surface area contributed by atoms with Crippen LogP contribution in [0.3, 0.4) is 0 Å². The summed E-state index contributed by atoms with van der Waals surface area (Å²) < 4.78 is 5.46. The first-order valence-corrected chi connectivity index (χ1v) is 8.17. The van der Waals surface area contributed by atoms with Crippen molar-refractivity contribution in [3.8, 4) is 5.75 Å². The molecule has 7 nitrogen and oxygen atoms in total. The second-order valence-electron chi connectivity index (χ2n) is 5.97. The van der Waals surface area contributed by atoms with Gasteiger partial charge in [0.25, 0.3) is 5.91 Å². The van der Waals surface area contributed by atoms with Gasteiger partial charge in [-0.1, -0.05) is 12.1 Å². The zero-order valence-corrected chi connectivity index (χ0v) is 15.2. The third-order valence-corrected chi connectivity index (χ3v) is 3.39. The lowest BCUT2D eigenvalue weighted by molar-refractivity contribution is -0.123. The molecule has 1 amide bonds. The summed E-state index contributed by atoms with van der Waals surface area (Å²) >= 11 is 0. The zero-order chi connectivity index (χ0) is 18.2. The minimum atomic E-state index is -0.164. The number of ether oxygens (including phenoxy) is 1. The number of aromatic nitrogens is 2. The Kier molecular flexibility index (Phi) is 6.56. The van der Waals surface area contributed by atoms with Gasteiger partial charge in [0.05, 0.1) is 0 Å². The van der Waals surface area contributed by atoms with Gasteiger partial charge in [-0.05, 0) is 31.5 Å². The van der Waals surface area contributed by atoms with Crippen LogP contribution in [0.2, 0.25) is 0 Å². The van der Waals surface area contributed by atoms with E-state index in [-0.39, 0.29) is 12.5 Å². The zero-order valence-electron chi connectivity index (χ0n) is 15.2. The van der Waals surface area contributed by atoms with Crippen molar-refractivity contribution in [2.45, 2.75) is 13.8 Å². The van der Waals surface area contributed by atoms with E-state index >= 15 is 0 Å². The monoisotopic (exact) mass is 343 g/mol. The molecule has 0 unspecified atom stereocenters. The van der Waals surface area contributed by atoms with Crippen molar-refractivity contribution >= 4 is 17.7 Å². The molecule has 2 rings (SSSR count). The summed E-state index contributed by atoms with van der Waals surface area (Å²) in [5.74, 6) is 1.92. The maximum Gasteiger partial charge on any atom is 0.258 e. The van der Waals surface area contributed by atoms with Gasteiger partial charge in [-0.15, -0.1) is 0 Å². The fraction of sp³-hybridized carbons (Fsp3) is 0.389. The van der Waals surface area contributed by atoms with Gasteiger partial charge in [-0.3, -0.25) is 4.79 Å². The molecule has 0 spiro atoms. The predicted octanol–water partition coefficient (Wildman–Crippen LogP) is 1.77. The summed E-state index contributed by atoms with van der Waals surface area (Å²) in [4.78, 5) is 22.5. The molecule has 2 N–H and O–H groups in total. The molecule has 1 heterocycles. The number of hydrogen-bond donors (Lipinski definition) is 2. The van der Waals surface area contributed by atoms with Gasteiger partial charge in [-0.2, -0.15) is 4.98 Å². The number of hydrogen-bond acceptors (Lipinski definition) is 6. The molecule has 25 heavy (non-hydrogen) atoms. The second-order valence-corrected chi connectivity index (χ2v) is 5.97. The number of nitrogens with zero attached hydrogens (tertiary/aromatic N) is 3. The number of carbonyl (C=O) groups is 1. The minimum absolute atomic E-state index is 0.00479. The highest BCUT2D eigenvalue weighted by molar-refractivity contribution is 5.77. The average Bonchev–Trinajstić information content (AvgIpc) is 2.56. The van der Waals surface area contributed by atoms with Crippen molar-refractivity contribution in [1.82, 2.24) is 15.3 Å². The molecule has 0 aliphatic heterocycles. The fourth-order valence-electron chi connectivity index (χ4n) is 2.14. The summed E-state index contributed by atoms with van der Waals surface area (Å²) in [6, 6.07) is 9.52. The van der Waals surface area contributed by atoms with Gasteiger partial charge in [0, 0.05) is 38.9 Å². The van der Waals surface area contributed by atoms with Crippen LogP contribution < -0.4 is 20.3 Å². The SMILES string of the molecule is Cc1cccc(OCC(=O)NCCNc2nc(C)cc(N(C)C)n2)c1. The van der Waals surface area contributed by atoms with E-state index in [1.807, 2.05) is 63.2 Å². The van der Waals surface area contributed by atoms with E-state index in [4.69, 9.17) is 4.74 Å². The van der Waals surface area contributed by atoms with Gasteiger partial charge in [-0.25, -0.2) is 4.98 Å². The van der Waals surface area contributed by atoms with Gasteiger partial charge in [0.1, 0.15) is 11.6 Å². The number of anilines is 2. The Morgan fingerprint density at radius 3 is 2.68 bits per heavy atom. The summed E-state index contributed by atoms with van der Waals surface area (Å²) in [7, 11) is 3.86. The number of aryl methyl sites for hydroxylation is 2. The van der Waals surface area contributed by atoms with Crippen molar-refractivity contribution in [2.75, 3.05) is 44.0 Å². The molecule has 134 valence electrons. The molecule has 0 bridgehead atoms. The third kappa shape index (κ3) is 6.29. The van der Waals surface area contributed by atoms with Gasteiger partial charge >= 0.3 is 0 Å².